The van der Waals surface area contributed by atoms with Gasteiger partial charge in [-0.05, 0) is 93.2 Å². The van der Waals surface area contributed by atoms with Gasteiger partial charge in [0.15, 0.2) is 5.65 Å². The molecule has 3 fully saturated rings. The van der Waals surface area contributed by atoms with Crippen LogP contribution in [0.5, 0.6) is 0 Å². The van der Waals surface area contributed by atoms with E-state index in [0.29, 0.717) is 41.5 Å². The predicted molar refractivity (Wildman–Crippen MR) is 198 cm³/mol. The van der Waals surface area contributed by atoms with E-state index in [1.165, 1.54) is 20.8 Å². The van der Waals surface area contributed by atoms with Crippen molar-refractivity contribution in [3.8, 4) is 22.4 Å². The number of hydrogen-bond acceptors (Lipinski definition) is 8. The Morgan fingerprint density at radius 3 is 2.43 bits per heavy atom. The zero-order valence-corrected chi connectivity index (χ0v) is 30.3. The lowest BCUT2D eigenvalue weighted by molar-refractivity contribution is -0.176. The summed E-state index contributed by atoms with van der Waals surface area (Å²) in [7, 11) is -1.79. The number of rotatable bonds is 5. The molecule has 9 rings (SSSR count). The number of aromatic nitrogens is 3. The van der Waals surface area contributed by atoms with Gasteiger partial charge < -0.3 is 19.4 Å². The fourth-order valence-electron chi connectivity index (χ4n) is 8.52. The molecule has 2 aromatic heterocycles. The van der Waals surface area contributed by atoms with E-state index in [-0.39, 0.29) is 21.9 Å². The summed E-state index contributed by atoms with van der Waals surface area (Å²) in [6, 6.07) is 17.5. The molecule has 0 aliphatic carbocycles. The predicted octanol–water partition coefficient (Wildman–Crippen LogP) is 5.47. The van der Waals surface area contributed by atoms with Gasteiger partial charge in [-0.25, -0.2) is 22.4 Å². The summed E-state index contributed by atoms with van der Waals surface area (Å²) in [5.41, 5.74) is 10.3. The first kappa shape index (κ1) is 32.3. The van der Waals surface area contributed by atoms with Crippen LogP contribution < -0.4 is 4.90 Å². The van der Waals surface area contributed by atoms with E-state index in [0.717, 1.165) is 67.9 Å². The molecule has 4 aliphatic heterocycles. The first-order valence-corrected chi connectivity index (χ1v) is 19.2. The molecule has 0 N–H and O–H groups in total. The van der Waals surface area contributed by atoms with Gasteiger partial charge in [0.05, 0.1) is 35.4 Å². The molecule has 1 unspecified atom stereocenters. The van der Waals surface area contributed by atoms with E-state index in [4.69, 9.17) is 14.7 Å². The monoisotopic (exact) mass is 702 g/mol. The van der Waals surface area contributed by atoms with Gasteiger partial charge in [-0.3, -0.25) is 4.79 Å². The van der Waals surface area contributed by atoms with Crippen LogP contribution in [0.2, 0.25) is 0 Å². The highest BCUT2D eigenvalue weighted by Crippen LogP contribution is 2.41. The van der Waals surface area contributed by atoms with Gasteiger partial charge in [0.2, 0.25) is 0 Å². The molecule has 51 heavy (non-hydrogen) atoms. The largest absolute Gasteiger partial charge is 0.380 e. The third-order valence-electron chi connectivity index (χ3n) is 11.4. The van der Waals surface area contributed by atoms with E-state index >= 15 is 0 Å². The van der Waals surface area contributed by atoms with Crippen molar-refractivity contribution in [1.29, 1.82) is 0 Å². The smallest absolute Gasteiger partial charge is 0.269 e. The third-order valence-corrected chi connectivity index (χ3v) is 13.0. The van der Waals surface area contributed by atoms with Crippen molar-refractivity contribution in [2.75, 3.05) is 57.9 Å². The van der Waals surface area contributed by atoms with E-state index in [2.05, 4.69) is 35.9 Å². The molecule has 1 atom stereocenters. The fourth-order valence-corrected chi connectivity index (χ4v) is 9.83. The Morgan fingerprint density at radius 1 is 0.941 bits per heavy atom. The van der Waals surface area contributed by atoms with Crippen LogP contribution >= 0.6 is 0 Å². The number of hydrogen-bond donors (Lipinski definition) is 0. The minimum Gasteiger partial charge on any atom is -0.380 e. The number of carbonyl (C=O) groups excluding carboxylic acids is 1. The number of nitrogens with zero attached hydrogens (tertiary/aromatic N) is 6. The van der Waals surface area contributed by atoms with Crippen LogP contribution in [0, 0.1) is 26.2 Å². The number of benzene rings is 3. The minimum atomic E-state index is -3.99. The van der Waals surface area contributed by atoms with Gasteiger partial charge in [0, 0.05) is 67.3 Å². The topological polar surface area (TPSA) is 101 Å². The molecule has 3 saturated heterocycles. The van der Waals surface area contributed by atoms with E-state index in [1.54, 1.807) is 36.7 Å². The van der Waals surface area contributed by atoms with Gasteiger partial charge >= 0.3 is 0 Å². The number of carbonyl (C=O) groups is 1. The Morgan fingerprint density at radius 2 is 1.71 bits per heavy atom. The quantitative estimate of drug-likeness (QED) is 0.238. The molecule has 0 radical (unpaired) electrons. The molecule has 11 heteroatoms. The summed E-state index contributed by atoms with van der Waals surface area (Å²) in [6.07, 6.45) is 5.43. The number of piperazine rings is 1. The summed E-state index contributed by atoms with van der Waals surface area (Å²) < 4.78 is 34.9. The van der Waals surface area contributed by atoms with Gasteiger partial charge in [0.25, 0.3) is 15.9 Å². The van der Waals surface area contributed by atoms with E-state index in [9.17, 15) is 13.2 Å². The second kappa shape index (κ2) is 11.7. The Hall–Kier alpha value is -4.58. The van der Waals surface area contributed by atoms with E-state index in [1.807, 2.05) is 36.9 Å². The van der Waals surface area contributed by atoms with Gasteiger partial charge in [-0.15, -0.1) is 0 Å². The van der Waals surface area contributed by atoms with Crippen LogP contribution in [0.15, 0.2) is 71.9 Å². The highest BCUT2D eigenvalue weighted by atomic mass is 32.2. The van der Waals surface area contributed by atoms with Gasteiger partial charge in [-0.2, -0.15) is 0 Å². The van der Waals surface area contributed by atoms with Gasteiger partial charge in [0.1, 0.15) is 5.52 Å². The Labute approximate surface area is 298 Å². The lowest BCUT2D eigenvalue weighted by atomic mass is 9.77. The van der Waals surface area contributed by atoms with Crippen LogP contribution in [-0.4, -0.2) is 97.1 Å². The van der Waals surface area contributed by atoms with Crippen LogP contribution in [0.25, 0.3) is 33.5 Å². The summed E-state index contributed by atoms with van der Waals surface area (Å²) in [6.45, 7) is 12.0. The molecular formula is C40H42N6O4S. The second-order valence-corrected chi connectivity index (χ2v) is 17.0. The number of anilines is 1. The molecule has 0 bridgehead atoms. The van der Waals surface area contributed by atoms with Crippen molar-refractivity contribution in [1.82, 2.24) is 23.7 Å². The molecule has 6 heterocycles. The molecule has 1 spiro atoms. The van der Waals surface area contributed by atoms with Gasteiger partial charge in [-0.1, -0.05) is 29.8 Å². The number of likely N-dealkylation sites (N-methyl/N-ethyl adjacent to an activating group) is 1. The van der Waals surface area contributed by atoms with Crippen molar-refractivity contribution >= 4 is 32.8 Å². The molecule has 3 aromatic carbocycles. The molecule has 10 nitrogen and oxygen atoms in total. The molecule has 5 aromatic rings. The van der Waals surface area contributed by atoms with E-state index < -0.39 is 10.0 Å². The fraction of sp³-hybridized carbons (Fsp3) is 0.375. The van der Waals surface area contributed by atoms with Crippen molar-refractivity contribution in [3.05, 3.63) is 94.8 Å². The average Bonchev–Trinajstić information content (AvgIpc) is 3.46. The van der Waals surface area contributed by atoms with Crippen LogP contribution in [0.3, 0.4) is 0 Å². The lowest BCUT2D eigenvalue weighted by Gasteiger charge is -2.55. The third kappa shape index (κ3) is 5.27. The maximum atomic E-state index is 14.1. The molecule has 1 amide bonds. The minimum absolute atomic E-state index is 0.00806. The van der Waals surface area contributed by atoms with Crippen molar-refractivity contribution in [2.45, 2.75) is 44.6 Å². The number of fused-ring (bicyclic) bond motifs is 4. The number of aryl methyl sites for hydroxylation is 4. The number of likely N-dealkylation sites (tertiary alicyclic amines) is 1. The molecule has 4 aliphatic rings. The molecular weight excluding hydrogens is 661 g/mol. The lowest BCUT2D eigenvalue weighted by Crippen LogP contribution is -2.67. The highest BCUT2D eigenvalue weighted by Gasteiger charge is 2.50. The maximum Gasteiger partial charge on any atom is 0.269 e. The average molecular weight is 703 g/mol. The first-order valence-electron chi connectivity index (χ1n) is 17.8. The second-order valence-electron chi connectivity index (χ2n) is 15.2. The summed E-state index contributed by atoms with van der Waals surface area (Å²) in [5, 5.41) is 0. The van der Waals surface area contributed by atoms with Crippen LogP contribution in [0.1, 0.15) is 39.0 Å². The summed E-state index contributed by atoms with van der Waals surface area (Å²) >= 11 is 0. The Balaban J connectivity index is 1.13. The number of amides is 1. The summed E-state index contributed by atoms with van der Waals surface area (Å²) in [4.78, 5) is 30.5. The molecule has 262 valence electrons. The van der Waals surface area contributed by atoms with Crippen molar-refractivity contribution in [2.24, 2.45) is 5.41 Å². The SMILES string of the molecule is Cc1ccc(S(=O)(=O)n2cc(-c3ccc(C(=O)N4CC5(COC5)C4)c(C)c3)c3nc(-c4cc(C)c5c(c4)CCC4CN(C)CCN54)cnc32)cc1. The zero-order valence-electron chi connectivity index (χ0n) is 29.5. The standard InChI is InChI=1S/C40H42N6O4S/c1-25-5-10-32(11-6-25)51(48,49)46-20-34(28-8-12-33(26(2)15-28)39(47)44-21-40(22-44)23-50-24-40)36-38(46)41-18-35(42-36)30-16-27(3)37-29(17-30)7-9-31-19-43(4)13-14-45(31)37/h5-6,8,10-12,15-18,20,31H,7,9,13-14,19,21-24H2,1-4H3. The normalized spacial score (nSPS) is 19.8. The first-order chi connectivity index (χ1) is 24.5. The maximum absolute atomic E-state index is 14.1. The zero-order chi connectivity index (χ0) is 35.2. The van der Waals surface area contributed by atoms with Crippen LogP contribution in [0.4, 0.5) is 5.69 Å². The molecule has 0 saturated carbocycles. The number of ether oxygens (including phenoxy) is 1. The van der Waals surface area contributed by atoms with Crippen molar-refractivity contribution in [3.63, 3.8) is 0 Å². The highest BCUT2D eigenvalue weighted by molar-refractivity contribution is 7.90. The van der Waals surface area contributed by atoms with Crippen molar-refractivity contribution < 1.29 is 17.9 Å². The summed E-state index contributed by atoms with van der Waals surface area (Å²) in [5.74, 6) is 0.00806. The van der Waals surface area contributed by atoms with Crippen LogP contribution in [-0.2, 0) is 21.2 Å². The Bertz CT molecular complexity index is 2340. The Kier molecular flexibility index (Phi) is 7.44.